The van der Waals surface area contributed by atoms with E-state index in [9.17, 15) is 4.79 Å². The van der Waals surface area contributed by atoms with Gasteiger partial charge in [-0.1, -0.05) is 23.7 Å². The van der Waals surface area contributed by atoms with Crippen molar-refractivity contribution in [1.82, 2.24) is 14.7 Å². The quantitative estimate of drug-likeness (QED) is 0.769. The van der Waals surface area contributed by atoms with Crippen molar-refractivity contribution in [1.29, 1.82) is 0 Å². The van der Waals surface area contributed by atoms with Crippen molar-refractivity contribution in [2.24, 2.45) is 0 Å². The largest absolute Gasteiger partial charge is 0.493 e. The van der Waals surface area contributed by atoms with Gasteiger partial charge in [0, 0.05) is 12.1 Å². The fraction of sp³-hybridized carbons (Fsp3) is 0.333. The van der Waals surface area contributed by atoms with E-state index in [1.165, 1.54) is 7.11 Å². The number of nitrogens with zero attached hydrogens (tertiary/aromatic N) is 3. The van der Waals surface area contributed by atoms with Crippen molar-refractivity contribution in [3.63, 3.8) is 0 Å². The summed E-state index contributed by atoms with van der Waals surface area (Å²) >= 11 is 6.11. The molecule has 0 amide bonds. The minimum atomic E-state index is -0.186. The van der Waals surface area contributed by atoms with E-state index in [1.54, 1.807) is 35.1 Å². The molecule has 0 radical (unpaired) electrons. The molecule has 0 saturated carbocycles. The van der Waals surface area contributed by atoms with Crippen molar-refractivity contribution in [3.8, 4) is 5.75 Å². The summed E-state index contributed by atoms with van der Waals surface area (Å²) in [4.78, 5) is 14.8. The zero-order chi connectivity index (χ0) is 15.4. The smallest absolute Gasteiger partial charge is 0.216 e. The lowest BCUT2D eigenvalue weighted by Crippen LogP contribution is -2.22. The third-order valence-corrected chi connectivity index (χ3v) is 3.45. The van der Waals surface area contributed by atoms with E-state index in [1.807, 2.05) is 19.0 Å². The average Bonchev–Trinajstić information content (AvgIpc) is 2.87. The van der Waals surface area contributed by atoms with Crippen molar-refractivity contribution >= 4 is 17.4 Å². The number of carbonyl (C=O) groups is 1. The first-order valence-corrected chi connectivity index (χ1v) is 6.96. The Balaban J connectivity index is 2.39. The normalized spacial score (nSPS) is 10.9. The molecule has 1 heterocycles. The summed E-state index contributed by atoms with van der Waals surface area (Å²) in [6.45, 7) is 1.37. The van der Waals surface area contributed by atoms with Gasteiger partial charge in [-0.3, -0.25) is 9.48 Å². The van der Waals surface area contributed by atoms with Crippen molar-refractivity contribution in [3.05, 3.63) is 46.7 Å². The topological polar surface area (TPSA) is 47.4 Å². The van der Waals surface area contributed by atoms with Crippen LogP contribution in [-0.2, 0) is 6.54 Å². The fourth-order valence-corrected chi connectivity index (χ4v) is 2.21. The molecule has 2 aromatic rings. The highest BCUT2D eigenvalue weighted by Crippen LogP contribution is 2.25. The lowest BCUT2D eigenvalue weighted by Gasteiger charge is -2.12. The third-order valence-electron chi connectivity index (χ3n) is 3.12. The van der Waals surface area contributed by atoms with Crippen molar-refractivity contribution < 1.29 is 9.53 Å². The number of hydrogen-bond donors (Lipinski definition) is 0. The number of rotatable bonds is 6. The number of hydrogen-bond acceptors (Lipinski definition) is 4. The molecule has 0 fully saturated rings. The molecule has 0 aliphatic carbocycles. The Morgan fingerprint density at radius 1 is 1.38 bits per heavy atom. The molecular formula is C15H18ClN3O2. The van der Waals surface area contributed by atoms with Crippen LogP contribution in [0.4, 0.5) is 0 Å². The van der Waals surface area contributed by atoms with Gasteiger partial charge in [0.05, 0.1) is 24.9 Å². The zero-order valence-corrected chi connectivity index (χ0v) is 13.1. The Labute approximate surface area is 129 Å². The minimum Gasteiger partial charge on any atom is -0.493 e. The van der Waals surface area contributed by atoms with Crippen LogP contribution in [0, 0.1) is 0 Å². The van der Waals surface area contributed by atoms with Crippen molar-refractivity contribution in [2.45, 2.75) is 6.54 Å². The SMILES string of the molecule is COc1cnn(CCN(C)C)c1C(=O)c1ccccc1Cl. The highest BCUT2D eigenvalue weighted by molar-refractivity contribution is 6.35. The summed E-state index contributed by atoms with van der Waals surface area (Å²) in [7, 11) is 5.46. The molecule has 0 atom stereocenters. The van der Waals surface area contributed by atoms with Crippen LogP contribution in [0.1, 0.15) is 16.1 Å². The van der Waals surface area contributed by atoms with Gasteiger partial charge in [0.25, 0.3) is 0 Å². The van der Waals surface area contributed by atoms with Crippen LogP contribution in [0.3, 0.4) is 0 Å². The maximum absolute atomic E-state index is 12.7. The van der Waals surface area contributed by atoms with Gasteiger partial charge in [-0.15, -0.1) is 0 Å². The second kappa shape index (κ2) is 6.74. The van der Waals surface area contributed by atoms with Gasteiger partial charge < -0.3 is 9.64 Å². The van der Waals surface area contributed by atoms with E-state index < -0.39 is 0 Å². The summed E-state index contributed by atoms with van der Waals surface area (Å²) in [5, 5.41) is 4.66. The molecule has 112 valence electrons. The Bertz CT molecular complexity index is 638. The third kappa shape index (κ3) is 3.43. The monoisotopic (exact) mass is 307 g/mol. The number of methoxy groups -OCH3 is 1. The Morgan fingerprint density at radius 3 is 2.71 bits per heavy atom. The number of likely N-dealkylation sites (N-methyl/N-ethyl adjacent to an activating group) is 1. The molecule has 0 bridgehead atoms. The molecule has 0 aliphatic heterocycles. The van der Waals surface area contributed by atoms with E-state index >= 15 is 0 Å². The average molecular weight is 308 g/mol. The van der Waals surface area contributed by atoms with Crippen LogP contribution in [-0.4, -0.2) is 48.2 Å². The first kappa shape index (κ1) is 15.5. The molecule has 2 rings (SSSR count). The number of ketones is 1. The van der Waals surface area contributed by atoms with Gasteiger partial charge >= 0.3 is 0 Å². The van der Waals surface area contributed by atoms with Crippen LogP contribution < -0.4 is 4.74 Å². The standard InChI is InChI=1S/C15H18ClN3O2/c1-18(2)8-9-19-14(13(21-3)10-17-19)15(20)11-6-4-5-7-12(11)16/h4-7,10H,8-9H2,1-3H3. The molecule has 1 aromatic carbocycles. The van der Waals surface area contributed by atoms with Crippen LogP contribution in [0.2, 0.25) is 5.02 Å². The first-order valence-electron chi connectivity index (χ1n) is 6.58. The van der Waals surface area contributed by atoms with E-state index in [-0.39, 0.29) is 5.78 Å². The molecule has 0 N–H and O–H groups in total. The molecule has 21 heavy (non-hydrogen) atoms. The van der Waals surface area contributed by atoms with Crippen LogP contribution in [0.25, 0.3) is 0 Å². The van der Waals surface area contributed by atoms with E-state index in [4.69, 9.17) is 16.3 Å². The molecule has 0 unspecified atom stereocenters. The molecule has 1 aromatic heterocycles. The van der Waals surface area contributed by atoms with Crippen LogP contribution in [0.15, 0.2) is 30.5 Å². The summed E-state index contributed by atoms with van der Waals surface area (Å²) in [5.74, 6) is 0.271. The molecular weight excluding hydrogens is 290 g/mol. The van der Waals surface area contributed by atoms with E-state index in [0.29, 0.717) is 28.6 Å². The summed E-state index contributed by atoms with van der Waals surface area (Å²) in [6.07, 6.45) is 1.56. The highest BCUT2D eigenvalue weighted by Gasteiger charge is 2.22. The van der Waals surface area contributed by atoms with Gasteiger partial charge in [0.15, 0.2) is 11.4 Å². The van der Waals surface area contributed by atoms with E-state index in [0.717, 1.165) is 6.54 Å². The molecule has 0 saturated heterocycles. The predicted octanol–water partition coefficient (Wildman–Crippen LogP) is 2.34. The van der Waals surface area contributed by atoms with Gasteiger partial charge in [0.2, 0.25) is 5.78 Å². The van der Waals surface area contributed by atoms with Gasteiger partial charge in [0.1, 0.15) is 0 Å². The Kier molecular flexibility index (Phi) is 4.98. The summed E-state index contributed by atoms with van der Waals surface area (Å²) in [5.41, 5.74) is 0.872. The maximum Gasteiger partial charge on any atom is 0.216 e. The van der Waals surface area contributed by atoms with Gasteiger partial charge in [-0.2, -0.15) is 5.10 Å². The molecule has 0 spiro atoms. The first-order chi connectivity index (χ1) is 10.0. The number of aromatic nitrogens is 2. The second-order valence-electron chi connectivity index (χ2n) is 4.90. The minimum absolute atomic E-state index is 0.186. The van der Waals surface area contributed by atoms with Crippen LogP contribution in [0.5, 0.6) is 5.75 Å². The second-order valence-corrected chi connectivity index (χ2v) is 5.30. The lowest BCUT2D eigenvalue weighted by molar-refractivity contribution is 0.102. The zero-order valence-electron chi connectivity index (χ0n) is 12.3. The number of ether oxygens (including phenoxy) is 1. The maximum atomic E-state index is 12.7. The molecule has 0 aliphatic rings. The lowest BCUT2D eigenvalue weighted by atomic mass is 10.1. The van der Waals surface area contributed by atoms with Gasteiger partial charge in [-0.05, 0) is 26.2 Å². The summed E-state index contributed by atoms with van der Waals surface area (Å²) < 4.78 is 6.91. The number of carbonyl (C=O) groups excluding carboxylic acids is 1. The highest BCUT2D eigenvalue weighted by atomic mass is 35.5. The Morgan fingerprint density at radius 2 is 2.10 bits per heavy atom. The molecule has 6 heteroatoms. The molecule has 5 nitrogen and oxygen atoms in total. The Hall–Kier alpha value is -1.85. The number of halogens is 1. The van der Waals surface area contributed by atoms with Crippen molar-refractivity contribution in [2.75, 3.05) is 27.7 Å². The fourth-order valence-electron chi connectivity index (χ4n) is 1.98. The number of benzene rings is 1. The predicted molar refractivity (Wildman–Crippen MR) is 82.2 cm³/mol. The van der Waals surface area contributed by atoms with Crippen LogP contribution >= 0.6 is 11.6 Å². The summed E-state index contributed by atoms with van der Waals surface area (Å²) in [6, 6.07) is 6.97. The van der Waals surface area contributed by atoms with Gasteiger partial charge in [-0.25, -0.2) is 0 Å². The van der Waals surface area contributed by atoms with E-state index in [2.05, 4.69) is 5.10 Å².